The van der Waals surface area contributed by atoms with Crippen molar-refractivity contribution in [2.75, 3.05) is 13.2 Å². The second kappa shape index (κ2) is 7.74. The highest BCUT2D eigenvalue weighted by molar-refractivity contribution is 5.35. The van der Waals surface area contributed by atoms with Crippen molar-refractivity contribution in [1.29, 1.82) is 0 Å². The lowest BCUT2D eigenvalue weighted by Gasteiger charge is -2.16. The Bertz CT molecular complexity index is 390. The van der Waals surface area contributed by atoms with E-state index in [0.29, 0.717) is 24.3 Å². The van der Waals surface area contributed by atoms with Crippen LogP contribution in [0, 0.1) is 16.0 Å². The van der Waals surface area contributed by atoms with Crippen molar-refractivity contribution in [2.45, 2.75) is 33.2 Å². The normalized spacial score (nSPS) is 12.4. The van der Waals surface area contributed by atoms with Crippen molar-refractivity contribution in [2.24, 2.45) is 5.92 Å². The number of nitrogens with one attached hydrogen (secondary N) is 1. The van der Waals surface area contributed by atoms with Crippen molar-refractivity contribution in [3.63, 3.8) is 0 Å². The monoisotopic (exact) mass is 266 g/mol. The van der Waals surface area contributed by atoms with Crippen LogP contribution in [0.4, 0.5) is 5.69 Å². The first-order valence-corrected chi connectivity index (χ1v) is 6.59. The molecule has 1 N–H and O–H groups in total. The van der Waals surface area contributed by atoms with Gasteiger partial charge in [-0.05, 0) is 31.4 Å². The Kier molecular flexibility index (Phi) is 6.29. The summed E-state index contributed by atoms with van der Waals surface area (Å²) in [5.74, 6) is 1.34. The van der Waals surface area contributed by atoms with Crippen molar-refractivity contribution < 1.29 is 9.66 Å². The van der Waals surface area contributed by atoms with Crippen molar-refractivity contribution in [3.8, 4) is 5.75 Å². The van der Waals surface area contributed by atoms with Crippen LogP contribution in [0.5, 0.6) is 5.75 Å². The summed E-state index contributed by atoms with van der Waals surface area (Å²) in [5, 5.41) is 13.9. The summed E-state index contributed by atoms with van der Waals surface area (Å²) < 4.78 is 5.51. The van der Waals surface area contributed by atoms with E-state index in [-0.39, 0.29) is 5.69 Å². The molecule has 1 atom stereocenters. The Morgan fingerprint density at radius 3 is 2.42 bits per heavy atom. The van der Waals surface area contributed by atoms with Gasteiger partial charge in [-0.1, -0.05) is 13.8 Å². The van der Waals surface area contributed by atoms with E-state index in [1.807, 2.05) is 0 Å². The summed E-state index contributed by atoms with van der Waals surface area (Å²) in [6, 6.07) is 6.61. The van der Waals surface area contributed by atoms with Gasteiger partial charge in [-0.2, -0.15) is 0 Å². The second-order valence-corrected chi connectivity index (χ2v) is 5.08. The molecule has 0 saturated heterocycles. The van der Waals surface area contributed by atoms with Crippen molar-refractivity contribution in [3.05, 3.63) is 34.4 Å². The molecular weight excluding hydrogens is 244 g/mol. The highest BCUT2D eigenvalue weighted by Gasteiger charge is 2.05. The van der Waals surface area contributed by atoms with Gasteiger partial charge in [0.15, 0.2) is 0 Å². The molecule has 5 nitrogen and oxygen atoms in total. The zero-order chi connectivity index (χ0) is 14.3. The molecule has 0 aliphatic rings. The van der Waals surface area contributed by atoms with E-state index >= 15 is 0 Å². The number of rotatable bonds is 8. The molecule has 1 unspecified atom stereocenters. The number of nitro groups is 1. The summed E-state index contributed by atoms with van der Waals surface area (Å²) in [6.45, 7) is 7.88. The molecule has 0 aliphatic carbocycles. The lowest BCUT2D eigenvalue weighted by atomic mass is 10.1. The van der Waals surface area contributed by atoms with Crippen LogP contribution in [-0.2, 0) is 0 Å². The van der Waals surface area contributed by atoms with E-state index in [1.165, 1.54) is 12.1 Å². The summed E-state index contributed by atoms with van der Waals surface area (Å²) in [7, 11) is 0. The molecule has 0 heterocycles. The SMILES string of the molecule is CC(C)CC(C)NCCOc1ccc([N+](=O)[O-])cc1. The minimum atomic E-state index is -0.418. The second-order valence-electron chi connectivity index (χ2n) is 5.08. The molecule has 1 aromatic rings. The summed E-state index contributed by atoms with van der Waals surface area (Å²) in [5.41, 5.74) is 0.0797. The lowest BCUT2D eigenvalue weighted by molar-refractivity contribution is -0.384. The van der Waals surface area contributed by atoms with Crippen LogP contribution in [0.25, 0.3) is 0 Å². The van der Waals surface area contributed by atoms with Crippen molar-refractivity contribution in [1.82, 2.24) is 5.32 Å². The fourth-order valence-corrected chi connectivity index (χ4v) is 1.93. The number of nitro benzene ring substituents is 1. The molecule has 0 bridgehead atoms. The molecule has 5 heteroatoms. The maximum absolute atomic E-state index is 10.5. The third-order valence-corrected chi connectivity index (χ3v) is 2.74. The highest BCUT2D eigenvalue weighted by atomic mass is 16.6. The van der Waals surface area contributed by atoms with Crippen LogP contribution in [0.1, 0.15) is 27.2 Å². The quantitative estimate of drug-likeness (QED) is 0.446. The number of hydrogen-bond acceptors (Lipinski definition) is 4. The fraction of sp³-hybridized carbons (Fsp3) is 0.571. The topological polar surface area (TPSA) is 64.4 Å². The third kappa shape index (κ3) is 6.20. The van der Waals surface area contributed by atoms with Crippen LogP contribution in [0.3, 0.4) is 0 Å². The van der Waals surface area contributed by atoms with Gasteiger partial charge in [0.2, 0.25) is 0 Å². The number of nitrogens with zero attached hydrogens (tertiary/aromatic N) is 1. The van der Waals surface area contributed by atoms with E-state index in [2.05, 4.69) is 26.1 Å². The molecule has 0 radical (unpaired) electrons. The van der Waals surface area contributed by atoms with E-state index < -0.39 is 4.92 Å². The molecule has 0 fully saturated rings. The summed E-state index contributed by atoms with van der Waals surface area (Å²) in [4.78, 5) is 10.1. The molecule has 0 amide bonds. The molecule has 0 saturated carbocycles. The predicted octanol–water partition coefficient (Wildman–Crippen LogP) is 3.00. The molecule has 106 valence electrons. The summed E-state index contributed by atoms with van der Waals surface area (Å²) >= 11 is 0. The zero-order valence-corrected chi connectivity index (χ0v) is 11.8. The number of benzene rings is 1. The van der Waals surface area contributed by atoms with E-state index in [9.17, 15) is 10.1 Å². The van der Waals surface area contributed by atoms with Gasteiger partial charge in [-0.15, -0.1) is 0 Å². The zero-order valence-electron chi connectivity index (χ0n) is 11.8. The summed E-state index contributed by atoms with van der Waals surface area (Å²) in [6.07, 6.45) is 1.14. The van der Waals surface area contributed by atoms with Gasteiger partial charge in [0.1, 0.15) is 12.4 Å². The highest BCUT2D eigenvalue weighted by Crippen LogP contribution is 2.16. The van der Waals surface area contributed by atoms with Crippen LogP contribution >= 0.6 is 0 Å². The van der Waals surface area contributed by atoms with E-state index in [1.54, 1.807) is 12.1 Å². The number of hydrogen-bond donors (Lipinski definition) is 1. The molecule has 19 heavy (non-hydrogen) atoms. The molecule has 0 aromatic heterocycles. The number of non-ortho nitro benzene ring substituents is 1. The third-order valence-electron chi connectivity index (χ3n) is 2.74. The minimum absolute atomic E-state index is 0.0797. The van der Waals surface area contributed by atoms with Crippen molar-refractivity contribution >= 4 is 5.69 Å². The van der Waals surface area contributed by atoms with Gasteiger partial charge in [-0.3, -0.25) is 10.1 Å². The predicted molar refractivity (Wildman–Crippen MR) is 75.5 cm³/mol. The smallest absolute Gasteiger partial charge is 0.269 e. The average Bonchev–Trinajstić information content (AvgIpc) is 2.34. The molecular formula is C14H22N2O3. The van der Waals surface area contributed by atoms with Gasteiger partial charge in [0.05, 0.1) is 4.92 Å². The maximum atomic E-state index is 10.5. The Labute approximate surface area is 114 Å². The Morgan fingerprint density at radius 1 is 1.26 bits per heavy atom. The van der Waals surface area contributed by atoms with E-state index in [4.69, 9.17) is 4.74 Å². The van der Waals surface area contributed by atoms with Crippen LogP contribution in [-0.4, -0.2) is 24.1 Å². The van der Waals surface area contributed by atoms with Gasteiger partial charge in [0, 0.05) is 24.7 Å². The Morgan fingerprint density at radius 2 is 1.89 bits per heavy atom. The van der Waals surface area contributed by atoms with Gasteiger partial charge in [-0.25, -0.2) is 0 Å². The molecule has 1 aromatic carbocycles. The first kappa shape index (κ1) is 15.4. The average molecular weight is 266 g/mol. The largest absolute Gasteiger partial charge is 0.492 e. The first-order chi connectivity index (χ1) is 8.99. The van der Waals surface area contributed by atoms with Gasteiger partial charge >= 0.3 is 0 Å². The number of ether oxygens (including phenoxy) is 1. The first-order valence-electron chi connectivity index (χ1n) is 6.59. The van der Waals surface area contributed by atoms with Crippen LogP contribution in [0.2, 0.25) is 0 Å². The standard InChI is InChI=1S/C14H22N2O3/c1-11(2)10-12(3)15-8-9-19-14-6-4-13(5-7-14)16(17)18/h4-7,11-12,15H,8-10H2,1-3H3. The maximum Gasteiger partial charge on any atom is 0.269 e. The van der Waals surface area contributed by atoms with Crippen LogP contribution < -0.4 is 10.1 Å². The minimum Gasteiger partial charge on any atom is -0.492 e. The Hall–Kier alpha value is -1.62. The molecule has 0 aliphatic heterocycles. The van der Waals surface area contributed by atoms with Gasteiger partial charge in [0.25, 0.3) is 5.69 Å². The van der Waals surface area contributed by atoms with Crippen LogP contribution in [0.15, 0.2) is 24.3 Å². The fourth-order valence-electron chi connectivity index (χ4n) is 1.93. The molecule has 0 spiro atoms. The molecule has 1 rings (SSSR count). The lowest BCUT2D eigenvalue weighted by Crippen LogP contribution is -2.31. The van der Waals surface area contributed by atoms with Gasteiger partial charge < -0.3 is 10.1 Å². The van der Waals surface area contributed by atoms with E-state index in [0.717, 1.165) is 13.0 Å². The Balaban J connectivity index is 2.24.